The Morgan fingerprint density at radius 2 is 1.88 bits per heavy atom. The summed E-state index contributed by atoms with van der Waals surface area (Å²) in [5.41, 5.74) is 2.52. The van der Waals surface area contributed by atoms with E-state index in [9.17, 15) is 9.59 Å². The molecule has 0 aromatic heterocycles. The molecule has 0 N–H and O–H groups in total. The average Bonchev–Trinajstić information content (AvgIpc) is 2.56. The second-order valence-electron chi connectivity index (χ2n) is 6.01. The first-order valence-electron chi connectivity index (χ1n) is 7.92. The minimum atomic E-state index is -0.481. The van der Waals surface area contributed by atoms with Crippen LogP contribution in [0.2, 0.25) is 0 Å². The van der Waals surface area contributed by atoms with Gasteiger partial charge in [0.25, 0.3) is 5.91 Å². The van der Waals surface area contributed by atoms with Crippen LogP contribution in [0, 0.1) is 6.92 Å². The lowest BCUT2D eigenvalue weighted by atomic mass is 10.1. The lowest BCUT2D eigenvalue weighted by molar-refractivity contribution is -0.124. The van der Waals surface area contributed by atoms with Crippen LogP contribution in [0.5, 0.6) is 0 Å². The molecule has 1 aliphatic rings. The van der Waals surface area contributed by atoms with Gasteiger partial charge in [0.2, 0.25) is 5.91 Å². The third-order valence-corrected chi connectivity index (χ3v) is 4.79. The molecule has 2 aromatic carbocycles. The Kier molecular flexibility index (Phi) is 4.71. The van der Waals surface area contributed by atoms with E-state index in [-0.39, 0.29) is 11.8 Å². The van der Waals surface area contributed by atoms with Gasteiger partial charge in [0, 0.05) is 28.8 Å². The van der Waals surface area contributed by atoms with Crippen LogP contribution in [-0.4, -0.2) is 35.8 Å². The number of hydrogen-bond donors (Lipinski definition) is 0. The number of piperazine rings is 1. The van der Waals surface area contributed by atoms with E-state index in [1.165, 1.54) is 0 Å². The first-order chi connectivity index (χ1) is 11.5. The van der Waals surface area contributed by atoms with E-state index in [0.29, 0.717) is 18.7 Å². The molecule has 1 fully saturated rings. The SMILES string of the molecule is Cc1cccc(C(=O)N2CCN(c3cccc(Br)c3)C(=O)[C@H]2C)c1. The number of carbonyl (C=O) groups is 2. The predicted octanol–water partition coefficient (Wildman–Crippen LogP) is 3.64. The van der Waals surface area contributed by atoms with E-state index in [4.69, 9.17) is 0 Å². The number of rotatable bonds is 2. The topological polar surface area (TPSA) is 40.6 Å². The van der Waals surface area contributed by atoms with Gasteiger partial charge in [-0.15, -0.1) is 0 Å². The number of hydrogen-bond acceptors (Lipinski definition) is 2. The summed E-state index contributed by atoms with van der Waals surface area (Å²) in [6, 6.07) is 14.7. The third kappa shape index (κ3) is 3.22. The van der Waals surface area contributed by atoms with Crippen molar-refractivity contribution in [2.75, 3.05) is 18.0 Å². The van der Waals surface area contributed by atoms with E-state index in [1.807, 2.05) is 49.4 Å². The predicted molar refractivity (Wildman–Crippen MR) is 98.2 cm³/mol. The number of carbonyl (C=O) groups excluding carboxylic acids is 2. The maximum absolute atomic E-state index is 12.8. The van der Waals surface area contributed by atoms with Crippen molar-refractivity contribution in [2.24, 2.45) is 0 Å². The zero-order valence-electron chi connectivity index (χ0n) is 13.7. The molecule has 0 bridgehead atoms. The molecule has 24 heavy (non-hydrogen) atoms. The monoisotopic (exact) mass is 386 g/mol. The minimum absolute atomic E-state index is 0.0552. The molecule has 4 nitrogen and oxygen atoms in total. The van der Waals surface area contributed by atoms with Crippen molar-refractivity contribution in [3.63, 3.8) is 0 Å². The van der Waals surface area contributed by atoms with Crippen LogP contribution >= 0.6 is 15.9 Å². The van der Waals surface area contributed by atoms with Gasteiger partial charge in [0.05, 0.1) is 0 Å². The van der Waals surface area contributed by atoms with Gasteiger partial charge >= 0.3 is 0 Å². The zero-order chi connectivity index (χ0) is 17.3. The number of benzene rings is 2. The van der Waals surface area contributed by atoms with Crippen molar-refractivity contribution >= 4 is 33.4 Å². The molecular formula is C19H19BrN2O2. The van der Waals surface area contributed by atoms with Crippen LogP contribution in [-0.2, 0) is 4.79 Å². The summed E-state index contributed by atoms with van der Waals surface area (Å²) >= 11 is 3.43. The van der Waals surface area contributed by atoms with E-state index >= 15 is 0 Å². The second-order valence-corrected chi connectivity index (χ2v) is 6.93. The van der Waals surface area contributed by atoms with Gasteiger partial charge in [-0.2, -0.15) is 0 Å². The molecule has 1 heterocycles. The van der Waals surface area contributed by atoms with Gasteiger partial charge in [0.1, 0.15) is 6.04 Å². The number of anilines is 1. The van der Waals surface area contributed by atoms with Crippen molar-refractivity contribution < 1.29 is 9.59 Å². The minimum Gasteiger partial charge on any atom is -0.325 e. The highest BCUT2D eigenvalue weighted by atomic mass is 79.9. The summed E-state index contributed by atoms with van der Waals surface area (Å²) in [4.78, 5) is 28.9. The Morgan fingerprint density at radius 1 is 1.12 bits per heavy atom. The Labute approximate surface area is 150 Å². The van der Waals surface area contributed by atoms with E-state index in [1.54, 1.807) is 22.8 Å². The molecule has 2 aromatic rings. The molecule has 124 valence electrons. The first kappa shape index (κ1) is 16.7. The number of halogens is 1. The summed E-state index contributed by atoms with van der Waals surface area (Å²) in [7, 11) is 0. The summed E-state index contributed by atoms with van der Waals surface area (Å²) in [6.07, 6.45) is 0. The Balaban J connectivity index is 1.81. The maximum atomic E-state index is 12.8. The van der Waals surface area contributed by atoms with Crippen molar-refractivity contribution in [3.05, 3.63) is 64.1 Å². The third-order valence-electron chi connectivity index (χ3n) is 4.30. The van der Waals surface area contributed by atoms with Crippen molar-refractivity contribution in [1.82, 2.24) is 4.90 Å². The van der Waals surface area contributed by atoms with Gasteiger partial charge in [-0.25, -0.2) is 0 Å². The largest absolute Gasteiger partial charge is 0.325 e. The molecule has 0 saturated carbocycles. The standard InChI is InChI=1S/C19H19BrN2O2/c1-13-5-3-6-15(11-13)19(24)21-9-10-22(18(23)14(21)2)17-8-4-7-16(20)12-17/h3-8,11-12,14H,9-10H2,1-2H3/t14-/m1/s1. The average molecular weight is 387 g/mol. The molecule has 1 saturated heterocycles. The lowest BCUT2D eigenvalue weighted by Gasteiger charge is -2.39. The zero-order valence-corrected chi connectivity index (χ0v) is 15.3. The molecule has 0 aliphatic carbocycles. The molecule has 1 atom stereocenters. The van der Waals surface area contributed by atoms with Crippen LogP contribution in [0.25, 0.3) is 0 Å². The summed E-state index contributed by atoms with van der Waals surface area (Å²) in [6.45, 7) is 4.76. The van der Waals surface area contributed by atoms with E-state index < -0.39 is 6.04 Å². The van der Waals surface area contributed by atoms with Crippen LogP contribution in [0.4, 0.5) is 5.69 Å². The molecule has 1 aliphatic heterocycles. The van der Waals surface area contributed by atoms with Gasteiger partial charge < -0.3 is 9.80 Å². The maximum Gasteiger partial charge on any atom is 0.254 e. The molecule has 2 amide bonds. The quantitative estimate of drug-likeness (QED) is 0.790. The van der Waals surface area contributed by atoms with Crippen molar-refractivity contribution in [3.8, 4) is 0 Å². The lowest BCUT2D eigenvalue weighted by Crippen LogP contribution is -2.57. The molecule has 0 spiro atoms. The number of nitrogens with zero attached hydrogens (tertiary/aromatic N) is 2. The van der Waals surface area contributed by atoms with Crippen molar-refractivity contribution in [1.29, 1.82) is 0 Å². The second kappa shape index (κ2) is 6.77. The van der Waals surface area contributed by atoms with E-state index in [2.05, 4.69) is 15.9 Å². The van der Waals surface area contributed by atoms with Gasteiger partial charge in [-0.05, 0) is 44.2 Å². The molecule has 0 unspecified atom stereocenters. The highest BCUT2D eigenvalue weighted by molar-refractivity contribution is 9.10. The Morgan fingerprint density at radius 3 is 2.58 bits per heavy atom. The van der Waals surface area contributed by atoms with E-state index in [0.717, 1.165) is 15.7 Å². The fourth-order valence-corrected chi connectivity index (χ4v) is 3.38. The highest BCUT2D eigenvalue weighted by Gasteiger charge is 2.35. The fourth-order valence-electron chi connectivity index (χ4n) is 2.99. The molecular weight excluding hydrogens is 368 g/mol. The normalized spacial score (nSPS) is 18.0. The molecule has 5 heteroatoms. The fraction of sp³-hybridized carbons (Fsp3) is 0.263. The summed E-state index contributed by atoms with van der Waals surface area (Å²) in [5, 5.41) is 0. The highest BCUT2D eigenvalue weighted by Crippen LogP contribution is 2.24. The van der Waals surface area contributed by atoms with Crippen LogP contribution in [0.1, 0.15) is 22.8 Å². The van der Waals surface area contributed by atoms with Gasteiger partial charge in [0.15, 0.2) is 0 Å². The number of amides is 2. The van der Waals surface area contributed by atoms with Gasteiger partial charge in [-0.3, -0.25) is 9.59 Å². The van der Waals surface area contributed by atoms with Crippen LogP contribution in [0.3, 0.4) is 0 Å². The molecule has 3 rings (SSSR count). The molecule has 0 radical (unpaired) electrons. The first-order valence-corrected chi connectivity index (χ1v) is 8.71. The summed E-state index contributed by atoms with van der Waals surface area (Å²) in [5.74, 6) is -0.145. The Bertz CT molecular complexity index is 790. The smallest absolute Gasteiger partial charge is 0.254 e. The summed E-state index contributed by atoms with van der Waals surface area (Å²) < 4.78 is 0.929. The number of aryl methyl sites for hydroxylation is 1. The Hall–Kier alpha value is -2.14. The van der Waals surface area contributed by atoms with Crippen LogP contribution < -0.4 is 4.90 Å². The van der Waals surface area contributed by atoms with Crippen molar-refractivity contribution in [2.45, 2.75) is 19.9 Å². The van der Waals surface area contributed by atoms with Gasteiger partial charge in [-0.1, -0.05) is 39.7 Å². The van der Waals surface area contributed by atoms with Crippen LogP contribution in [0.15, 0.2) is 53.0 Å².